The minimum atomic E-state index is -0.758. The Bertz CT molecular complexity index is 549. The van der Waals surface area contributed by atoms with Crippen LogP contribution in [0, 0.1) is 5.92 Å². The number of fused-ring (bicyclic) bond motifs is 1. The second-order valence-corrected chi connectivity index (χ2v) is 5.48. The second-order valence-electron chi connectivity index (χ2n) is 5.48. The Kier molecular flexibility index (Phi) is 4.85. The molecular formula is C15H19ClN2O3. The van der Waals surface area contributed by atoms with Crippen LogP contribution in [0.4, 0.5) is 5.69 Å². The minimum Gasteiger partial charge on any atom is -0.481 e. The number of nitrogens with zero attached hydrogens (tertiary/aromatic N) is 2. The van der Waals surface area contributed by atoms with Crippen LogP contribution in [0.5, 0.6) is 0 Å². The van der Waals surface area contributed by atoms with E-state index in [1.165, 1.54) is 5.56 Å². The van der Waals surface area contributed by atoms with E-state index >= 15 is 0 Å². The van der Waals surface area contributed by atoms with Crippen molar-refractivity contribution in [3.05, 3.63) is 29.8 Å². The standard InChI is InChI=1S/C15H18N2O3.ClH/c18-14(10-16-7-5-12(9-16)15(19)20)17-8-6-11-3-1-2-4-13(11)17;/h1-4,12H,5-10H2,(H,19,20);1H. The second kappa shape index (κ2) is 6.45. The van der Waals surface area contributed by atoms with E-state index in [2.05, 4.69) is 6.07 Å². The molecule has 1 fully saturated rings. The normalized spacial score (nSPS) is 21.0. The molecule has 3 rings (SSSR count). The van der Waals surface area contributed by atoms with Crippen molar-refractivity contribution < 1.29 is 14.7 Å². The molecule has 0 spiro atoms. The first-order valence-electron chi connectivity index (χ1n) is 6.98. The molecule has 21 heavy (non-hydrogen) atoms. The maximum Gasteiger partial charge on any atom is 0.307 e. The molecule has 2 heterocycles. The zero-order valence-electron chi connectivity index (χ0n) is 11.7. The van der Waals surface area contributed by atoms with E-state index in [-0.39, 0.29) is 24.2 Å². The molecule has 0 radical (unpaired) electrons. The van der Waals surface area contributed by atoms with Gasteiger partial charge in [-0.2, -0.15) is 0 Å². The number of para-hydroxylation sites is 1. The molecule has 1 unspecified atom stereocenters. The molecule has 114 valence electrons. The van der Waals surface area contributed by atoms with Crippen molar-refractivity contribution >= 4 is 30.0 Å². The Labute approximate surface area is 129 Å². The Balaban J connectivity index is 0.00000161. The van der Waals surface area contributed by atoms with Crippen molar-refractivity contribution in [2.45, 2.75) is 12.8 Å². The van der Waals surface area contributed by atoms with E-state index in [9.17, 15) is 9.59 Å². The molecular weight excluding hydrogens is 292 g/mol. The third-order valence-corrected chi connectivity index (χ3v) is 4.17. The predicted octanol–water partition coefficient (Wildman–Crippen LogP) is 1.40. The van der Waals surface area contributed by atoms with Gasteiger partial charge in [0.2, 0.25) is 5.91 Å². The number of halogens is 1. The number of carboxylic acids is 1. The maximum atomic E-state index is 12.4. The van der Waals surface area contributed by atoms with Crippen LogP contribution in [0.1, 0.15) is 12.0 Å². The summed E-state index contributed by atoms with van der Waals surface area (Å²) in [5, 5.41) is 8.98. The molecule has 1 aromatic rings. The van der Waals surface area contributed by atoms with Gasteiger partial charge in [0, 0.05) is 18.8 Å². The lowest BCUT2D eigenvalue weighted by molar-refractivity contribution is -0.141. The number of carbonyl (C=O) groups is 2. The maximum absolute atomic E-state index is 12.4. The molecule has 1 atom stereocenters. The van der Waals surface area contributed by atoms with E-state index in [0.717, 1.165) is 18.7 Å². The van der Waals surface area contributed by atoms with Crippen LogP contribution in [0.2, 0.25) is 0 Å². The highest BCUT2D eigenvalue weighted by atomic mass is 35.5. The number of hydrogen-bond acceptors (Lipinski definition) is 3. The van der Waals surface area contributed by atoms with Crippen molar-refractivity contribution in [3.8, 4) is 0 Å². The summed E-state index contributed by atoms with van der Waals surface area (Å²) in [5.41, 5.74) is 2.22. The smallest absolute Gasteiger partial charge is 0.307 e. The number of hydrogen-bond donors (Lipinski definition) is 1. The first-order valence-corrected chi connectivity index (χ1v) is 6.98. The van der Waals surface area contributed by atoms with Crippen molar-refractivity contribution in [3.63, 3.8) is 0 Å². The predicted molar refractivity (Wildman–Crippen MR) is 81.9 cm³/mol. The van der Waals surface area contributed by atoms with E-state index in [4.69, 9.17) is 5.11 Å². The van der Waals surface area contributed by atoms with Gasteiger partial charge in [-0.15, -0.1) is 12.4 Å². The number of likely N-dealkylation sites (tertiary alicyclic amines) is 1. The van der Waals surface area contributed by atoms with Gasteiger partial charge in [-0.25, -0.2) is 0 Å². The van der Waals surface area contributed by atoms with Crippen molar-refractivity contribution in [2.24, 2.45) is 5.92 Å². The number of aliphatic carboxylic acids is 1. The zero-order chi connectivity index (χ0) is 14.1. The molecule has 5 nitrogen and oxygen atoms in total. The first kappa shape index (κ1) is 15.8. The van der Waals surface area contributed by atoms with Gasteiger partial charge < -0.3 is 10.0 Å². The summed E-state index contributed by atoms with van der Waals surface area (Å²) in [6, 6.07) is 7.97. The van der Waals surface area contributed by atoms with E-state index in [0.29, 0.717) is 26.1 Å². The molecule has 1 saturated heterocycles. The summed E-state index contributed by atoms with van der Waals surface area (Å²) < 4.78 is 0. The number of carboxylic acid groups (broad SMARTS) is 1. The molecule has 0 aliphatic carbocycles. The van der Waals surface area contributed by atoms with E-state index in [1.807, 2.05) is 28.0 Å². The molecule has 0 bridgehead atoms. The lowest BCUT2D eigenvalue weighted by Crippen LogP contribution is -2.39. The highest BCUT2D eigenvalue weighted by Gasteiger charge is 2.31. The molecule has 0 saturated carbocycles. The van der Waals surface area contributed by atoms with Crippen molar-refractivity contribution in [1.29, 1.82) is 0 Å². The minimum absolute atomic E-state index is 0. The summed E-state index contributed by atoms with van der Waals surface area (Å²) in [5.74, 6) is -1.01. The summed E-state index contributed by atoms with van der Waals surface area (Å²) in [4.78, 5) is 27.1. The van der Waals surface area contributed by atoms with Crippen LogP contribution >= 0.6 is 12.4 Å². The number of amides is 1. The molecule has 1 amide bonds. The fourth-order valence-corrected chi connectivity index (χ4v) is 3.05. The fraction of sp³-hybridized carbons (Fsp3) is 0.467. The lowest BCUT2D eigenvalue weighted by Gasteiger charge is -2.21. The fourth-order valence-electron chi connectivity index (χ4n) is 3.05. The Morgan fingerprint density at radius 1 is 1.24 bits per heavy atom. The Morgan fingerprint density at radius 2 is 2.00 bits per heavy atom. The van der Waals surface area contributed by atoms with Gasteiger partial charge in [0.05, 0.1) is 12.5 Å². The average molecular weight is 311 g/mol. The molecule has 0 aromatic heterocycles. The molecule has 2 aliphatic heterocycles. The highest BCUT2D eigenvalue weighted by Crippen LogP contribution is 2.27. The quantitative estimate of drug-likeness (QED) is 0.917. The zero-order valence-corrected chi connectivity index (χ0v) is 12.5. The Hall–Kier alpha value is -1.59. The summed E-state index contributed by atoms with van der Waals surface area (Å²) in [7, 11) is 0. The van der Waals surface area contributed by atoms with Crippen LogP contribution in [0.25, 0.3) is 0 Å². The van der Waals surface area contributed by atoms with Crippen LogP contribution in [-0.4, -0.2) is 48.1 Å². The van der Waals surface area contributed by atoms with Crippen LogP contribution in [0.3, 0.4) is 0 Å². The number of benzene rings is 1. The molecule has 2 aliphatic rings. The lowest BCUT2D eigenvalue weighted by atomic mass is 10.1. The summed E-state index contributed by atoms with van der Waals surface area (Å²) in [6.07, 6.45) is 1.54. The van der Waals surface area contributed by atoms with Gasteiger partial charge in [0.1, 0.15) is 0 Å². The van der Waals surface area contributed by atoms with Gasteiger partial charge in [-0.3, -0.25) is 14.5 Å². The highest BCUT2D eigenvalue weighted by molar-refractivity contribution is 5.96. The molecule has 1 aromatic carbocycles. The van der Waals surface area contributed by atoms with E-state index < -0.39 is 5.97 Å². The van der Waals surface area contributed by atoms with Crippen molar-refractivity contribution in [1.82, 2.24) is 4.90 Å². The van der Waals surface area contributed by atoms with Crippen LogP contribution in [-0.2, 0) is 16.0 Å². The van der Waals surface area contributed by atoms with Crippen LogP contribution < -0.4 is 4.90 Å². The summed E-state index contributed by atoms with van der Waals surface area (Å²) in [6.45, 7) is 2.22. The van der Waals surface area contributed by atoms with Gasteiger partial charge in [0.25, 0.3) is 0 Å². The van der Waals surface area contributed by atoms with Gasteiger partial charge in [-0.1, -0.05) is 18.2 Å². The van der Waals surface area contributed by atoms with Gasteiger partial charge >= 0.3 is 5.97 Å². The summed E-state index contributed by atoms with van der Waals surface area (Å²) >= 11 is 0. The third kappa shape index (κ3) is 3.19. The largest absolute Gasteiger partial charge is 0.481 e. The first-order chi connectivity index (χ1) is 9.65. The number of carbonyl (C=O) groups excluding carboxylic acids is 1. The SMILES string of the molecule is Cl.O=C(O)C1CCN(CC(=O)N2CCc3ccccc32)C1. The third-order valence-electron chi connectivity index (χ3n) is 4.17. The average Bonchev–Trinajstić information content (AvgIpc) is 3.04. The van der Waals surface area contributed by atoms with Crippen LogP contribution in [0.15, 0.2) is 24.3 Å². The molecule has 1 N–H and O–H groups in total. The Morgan fingerprint density at radius 3 is 2.71 bits per heavy atom. The monoisotopic (exact) mass is 310 g/mol. The topological polar surface area (TPSA) is 60.9 Å². The number of anilines is 1. The van der Waals surface area contributed by atoms with Gasteiger partial charge in [-0.05, 0) is 31.0 Å². The van der Waals surface area contributed by atoms with Crippen molar-refractivity contribution in [2.75, 3.05) is 31.1 Å². The van der Waals surface area contributed by atoms with Gasteiger partial charge in [0.15, 0.2) is 0 Å². The number of rotatable bonds is 3. The molecule has 6 heteroatoms. The van der Waals surface area contributed by atoms with E-state index in [1.54, 1.807) is 0 Å².